The molecule has 0 unspecified atom stereocenters. The van der Waals surface area contributed by atoms with E-state index in [9.17, 15) is 4.79 Å². The molecule has 0 saturated carbocycles. The summed E-state index contributed by atoms with van der Waals surface area (Å²) in [6.07, 6.45) is 5.30. The van der Waals surface area contributed by atoms with Crippen molar-refractivity contribution in [3.63, 3.8) is 0 Å². The average Bonchev–Trinajstić information content (AvgIpc) is 2.33. The van der Waals surface area contributed by atoms with E-state index in [2.05, 4.69) is 15.0 Å². The third-order valence-electron chi connectivity index (χ3n) is 1.73. The molecule has 0 aliphatic heterocycles. The van der Waals surface area contributed by atoms with Crippen LogP contribution in [0.1, 0.15) is 10.4 Å². The van der Waals surface area contributed by atoms with Gasteiger partial charge in [0.25, 0.3) is 0 Å². The van der Waals surface area contributed by atoms with Gasteiger partial charge in [-0.05, 0) is 23.9 Å². The molecule has 0 saturated heterocycles. The lowest BCUT2D eigenvalue weighted by atomic mass is 10.3. The number of aldehydes is 1. The van der Waals surface area contributed by atoms with Crippen LogP contribution in [-0.2, 0) is 0 Å². The third-order valence-corrected chi connectivity index (χ3v) is 2.92. The standard InChI is InChI=1S/C10H6ClN3OS/c11-8-3-7(5-15)10(13-4-8)16-9-1-2-12-6-14-9/h1-6H. The highest BCUT2D eigenvalue weighted by Crippen LogP contribution is 2.27. The van der Waals surface area contributed by atoms with Crippen LogP contribution >= 0.6 is 23.4 Å². The number of carbonyl (C=O) groups is 1. The Kier molecular flexibility index (Phi) is 3.48. The van der Waals surface area contributed by atoms with Crippen LogP contribution < -0.4 is 0 Å². The van der Waals surface area contributed by atoms with Crippen molar-refractivity contribution in [1.82, 2.24) is 15.0 Å². The monoisotopic (exact) mass is 251 g/mol. The Labute approximate surface area is 101 Å². The third kappa shape index (κ3) is 2.56. The predicted octanol–water partition coefficient (Wildman–Crippen LogP) is 2.49. The average molecular weight is 252 g/mol. The molecule has 0 bridgehead atoms. The minimum absolute atomic E-state index is 0.439. The maximum absolute atomic E-state index is 10.8. The van der Waals surface area contributed by atoms with E-state index < -0.39 is 0 Å². The summed E-state index contributed by atoms with van der Waals surface area (Å²) in [5, 5.41) is 1.75. The van der Waals surface area contributed by atoms with Crippen LogP contribution in [0, 0.1) is 0 Å². The Balaban J connectivity index is 2.31. The fourth-order valence-electron chi connectivity index (χ4n) is 1.05. The molecule has 4 nitrogen and oxygen atoms in total. The lowest BCUT2D eigenvalue weighted by molar-refractivity contribution is 0.112. The molecule has 2 heterocycles. The van der Waals surface area contributed by atoms with E-state index >= 15 is 0 Å². The molecule has 0 atom stereocenters. The summed E-state index contributed by atoms with van der Waals surface area (Å²) < 4.78 is 0. The molecule has 2 rings (SSSR count). The molecule has 0 radical (unpaired) electrons. The zero-order valence-corrected chi connectivity index (χ0v) is 9.57. The van der Waals surface area contributed by atoms with Crippen molar-refractivity contribution >= 4 is 29.6 Å². The Hall–Kier alpha value is -1.46. The fourth-order valence-corrected chi connectivity index (χ4v) is 1.97. The van der Waals surface area contributed by atoms with Gasteiger partial charge in [0.1, 0.15) is 16.4 Å². The van der Waals surface area contributed by atoms with Gasteiger partial charge in [-0.15, -0.1) is 0 Å². The molecule has 0 fully saturated rings. The normalized spacial score (nSPS) is 10.1. The van der Waals surface area contributed by atoms with Crippen LogP contribution in [0.15, 0.2) is 40.9 Å². The van der Waals surface area contributed by atoms with Gasteiger partial charge in [-0.1, -0.05) is 11.6 Å². The van der Waals surface area contributed by atoms with Crippen molar-refractivity contribution in [2.24, 2.45) is 0 Å². The van der Waals surface area contributed by atoms with Gasteiger partial charge < -0.3 is 0 Å². The molecule has 0 amide bonds. The van der Waals surface area contributed by atoms with Gasteiger partial charge in [0, 0.05) is 18.0 Å². The minimum Gasteiger partial charge on any atom is -0.298 e. The van der Waals surface area contributed by atoms with Crippen molar-refractivity contribution in [3.8, 4) is 0 Å². The molecule has 6 heteroatoms. The molecule has 0 aliphatic carbocycles. The first kappa shape index (κ1) is 11.0. The van der Waals surface area contributed by atoms with Gasteiger partial charge in [0.2, 0.25) is 0 Å². The van der Waals surface area contributed by atoms with Crippen molar-refractivity contribution < 1.29 is 4.79 Å². The van der Waals surface area contributed by atoms with Gasteiger partial charge in [0.15, 0.2) is 6.29 Å². The Bertz CT molecular complexity index is 507. The molecule has 80 valence electrons. The lowest BCUT2D eigenvalue weighted by Gasteiger charge is -2.02. The second kappa shape index (κ2) is 5.05. The summed E-state index contributed by atoms with van der Waals surface area (Å²) in [7, 11) is 0. The van der Waals surface area contributed by atoms with Crippen LogP contribution in [0.5, 0.6) is 0 Å². The van der Waals surface area contributed by atoms with Crippen molar-refractivity contribution in [2.75, 3.05) is 0 Å². The smallest absolute Gasteiger partial charge is 0.152 e. The second-order valence-electron chi connectivity index (χ2n) is 2.82. The molecule has 0 aromatic carbocycles. The van der Waals surface area contributed by atoms with E-state index in [1.165, 1.54) is 24.3 Å². The Morgan fingerprint density at radius 2 is 2.25 bits per heavy atom. The summed E-state index contributed by atoms with van der Waals surface area (Å²) in [4.78, 5) is 22.8. The topological polar surface area (TPSA) is 55.7 Å². The number of aromatic nitrogens is 3. The van der Waals surface area contributed by atoms with E-state index in [0.29, 0.717) is 15.6 Å². The van der Waals surface area contributed by atoms with E-state index in [1.807, 2.05) is 0 Å². The van der Waals surface area contributed by atoms with Gasteiger partial charge in [-0.3, -0.25) is 4.79 Å². The number of rotatable bonds is 3. The second-order valence-corrected chi connectivity index (χ2v) is 4.26. The maximum Gasteiger partial charge on any atom is 0.152 e. The van der Waals surface area contributed by atoms with Crippen LogP contribution in [-0.4, -0.2) is 21.2 Å². The molecule has 16 heavy (non-hydrogen) atoms. The molecule has 2 aromatic heterocycles. The SMILES string of the molecule is O=Cc1cc(Cl)cnc1Sc1ccncn1. The zero-order valence-electron chi connectivity index (χ0n) is 8.00. The first-order valence-electron chi connectivity index (χ1n) is 4.34. The summed E-state index contributed by atoms with van der Waals surface area (Å²) in [6, 6.07) is 3.32. The summed E-state index contributed by atoms with van der Waals surface area (Å²) in [5.41, 5.74) is 0.455. The lowest BCUT2D eigenvalue weighted by Crippen LogP contribution is -1.90. The van der Waals surface area contributed by atoms with Crippen LogP contribution in [0.2, 0.25) is 5.02 Å². The molecule has 0 N–H and O–H groups in total. The van der Waals surface area contributed by atoms with Gasteiger partial charge in [-0.2, -0.15) is 0 Å². The van der Waals surface area contributed by atoms with Crippen molar-refractivity contribution in [1.29, 1.82) is 0 Å². The number of hydrogen-bond donors (Lipinski definition) is 0. The van der Waals surface area contributed by atoms with Gasteiger partial charge in [0.05, 0.1) is 5.02 Å². The van der Waals surface area contributed by atoms with E-state index in [1.54, 1.807) is 18.3 Å². The Morgan fingerprint density at radius 3 is 2.94 bits per heavy atom. The maximum atomic E-state index is 10.8. The predicted molar refractivity (Wildman–Crippen MR) is 60.8 cm³/mol. The van der Waals surface area contributed by atoms with Crippen LogP contribution in [0.4, 0.5) is 0 Å². The minimum atomic E-state index is 0.439. The van der Waals surface area contributed by atoms with Crippen LogP contribution in [0.3, 0.4) is 0 Å². The van der Waals surface area contributed by atoms with Crippen molar-refractivity contribution in [2.45, 2.75) is 10.1 Å². The molecular formula is C10H6ClN3OS. The van der Waals surface area contributed by atoms with Crippen molar-refractivity contribution in [3.05, 3.63) is 41.4 Å². The molecule has 2 aromatic rings. The van der Waals surface area contributed by atoms with Gasteiger partial charge >= 0.3 is 0 Å². The molecular weight excluding hydrogens is 246 g/mol. The first-order valence-corrected chi connectivity index (χ1v) is 5.53. The summed E-state index contributed by atoms with van der Waals surface area (Å²) >= 11 is 7.04. The zero-order chi connectivity index (χ0) is 11.4. The number of carbonyl (C=O) groups excluding carboxylic acids is 1. The molecule has 0 aliphatic rings. The largest absolute Gasteiger partial charge is 0.298 e. The summed E-state index contributed by atoms with van der Waals surface area (Å²) in [5.74, 6) is 0. The van der Waals surface area contributed by atoms with E-state index in [4.69, 9.17) is 11.6 Å². The van der Waals surface area contributed by atoms with E-state index in [-0.39, 0.29) is 0 Å². The number of halogens is 1. The van der Waals surface area contributed by atoms with Gasteiger partial charge in [-0.25, -0.2) is 15.0 Å². The number of hydrogen-bond acceptors (Lipinski definition) is 5. The quantitative estimate of drug-likeness (QED) is 0.620. The van der Waals surface area contributed by atoms with Crippen LogP contribution in [0.25, 0.3) is 0 Å². The van der Waals surface area contributed by atoms with E-state index in [0.717, 1.165) is 11.3 Å². The highest BCUT2D eigenvalue weighted by molar-refractivity contribution is 7.99. The highest BCUT2D eigenvalue weighted by atomic mass is 35.5. The highest BCUT2D eigenvalue weighted by Gasteiger charge is 2.06. The number of nitrogens with zero attached hydrogens (tertiary/aromatic N) is 3. The first-order chi connectivity index (χ1) is 7.79. The fraction of sp³-hybridized carbons (Fsp3) is 0. The number of pyridine rings is 1. The summed E-state index contributed by atoms with van der Waals surface area (Å²) in [6.45, 7) is 0. The Morgan fingerprint density at radius 1 is 1.38 bits per heavy atom. The molecule has 0 spiro atoms.